The van der Waals surface area contributed by atoms with Gasteiger partial charge in [0.1, 0.15) is 0 Å². The van der Waals surface area contributed by atoms with E-state index in [1.807, 2.05) is 54.2 Å². The van der Waals surface area contributed by atoms with Gasteiger partial charge in [-0.25, -0.2) is 4.68 Å². The van der Waals surface area contributed by atoms with Gasteiger partial charge in [-0.2, -0.15) is 0 Å². The third-order valence-electron chi connectivity index (χ3n) is 3.30. The SMILES string of the molecule is CNn1c(-c2ccc(Cl)cc2)c(-c2ccccc2)[nH]c1=S. The van der Waals surface area contributed by atoms with Crippen molar-refractivity contribution in [1.82, 2.24) is 9.66 Å². The van der Waals surface area contributed by atoms with Crippen molar-refractivity contribution in [2.45, 2.75) is 0 Å². The van der Waals surface area contributed by atoms with Crippen molar-refractivity contribution < 1.29 is 0 Å². The Bertz CT molecular complexity index is 804. The molecule has 0 aliphatic carbocycles. The van der Waals surface area contributed by atoms with Crippen molar-refractivity contribution in [2.75, 3.05) is 12.5 Å². The van der Waals surface area contributed by atoms with Crippen LogP contribution in [0.3, 0.4) is 0 Å². The minimum absolute atomic E-state index is 0.626. The minimum atomic E-state index is 0.626. The highest BCUT2D eigenvalue weighted by Crippen LogP contribution is 2.31. The van der Waals surface area contributed by atoms with E-state index in [1.165, 1.54) is 0 Å². The molecule has 2 N–H and O–H groups in total. The third-order valence-corrected chi connectivity index (χ3v) is 3.84. The van der Waals surface area contributed by atoms with Crippen LogP contribution in [0, 0.1) is 4.77 Å². The number of rotatable bonds is 3. The number of H-pyrrole nitrogens is 1. The third kappa shape index (κ3) is 2.60. The number of imidazole rings is 1. The molecule has 0 amide bonds. The first kappa shape index (κ1) is 13.9. The Morgan fingerprint density at radius 3 is 2.29 bits per heavy atom. The largest absolute Gasteiger partial charge is 0.329 e. The normalized spacial score (nSPS) is 10.6. The highest BCUT2D eigenvalue weighted by Gasteiger charge is 2.15. The summed E-state index contributed by atoms with van der Waals surface area (Å²) < 4.78 is 2.49. The van der Waals surface area contributed by atoms with Crippen LogP contribution >= 0.6 is 23.8 Å². The Kier molecular flexibility index (Phi) is 3.82. The van der Waals surface area contributed by atoms with Gasteiger partial charge in [-0.1, -0.05) is 54.1 Å². The molecule has 0 saturated carbocycles. The molecule has 3 rings (SSSR count). The zero-order valence-electron chi connectivity index (χ0n) is 11.4. The van der Waals surface area contributed by atoms with Gasteiger partial charge in [-0.15, -0.1) is 0 Å². The van der Waals surface area contributed by atoms with E-state index in [1.54, 1.807) is 0 Å². The first-order valence-corrected chi connectivity index (χ1v) is 7.33. The van der Waals surface area contributed by atoms with E-state index in [9.17, 15) is 0 Å². The number of nitrogens with one attached hydrogen (secondary N) is 2. The van der Waals surface area contributed by atoms with E-state index in [-0.39, 0.29) is 0 Å². The molecule has 0 aliphatic rings. The Labute approximate surface area is 133 Å². The van der Waals surface area contributed by atoms with Crippen LogP contribution in [0.1, 0.15) is 0 Å². The molecule has 21 heavy (non-hydrogen) atoms. The van der Waals surface area contributed by atoms with Gasteiger partial charge in [-0.05, 0) is 24.4 Å². The molecule has 0 aliphatic heterocycles. The van der Waals surface area contributed by atoms with Crippen LogP contribution in [-0.2, 0) is 0 Å². The molecule has 0 bridgehead atoms. The van der Waals surface area contributed by atoms with Gasteiger partial charge in [0.25, 0.3) is 0 Å². The monoisotopic (exact) mass is 315 g/mol. The molecule has 0 saturated heterocycles. The van der Waals surface area contributed by atoms with Crippen LogP contribution in [0.4, 0.5) is 0 Å². The molecule has 0 radical (unpaired) electrons. The summed E-state index contributed by atoms with van der Waals surface area (Å²) in [4.78, 5) is 3.28. The lowest BCUT2D eigenvalue weighted by Crippen LogP contribution is -2.10. The predicted octanol–water partition coefficient (Wildman–Crippen LogP) is 4.71. The van der Waals surface area contributed by atoms with Crippen LogP contribution in [0.2, 0.25) is 5.02 Å². The highest BCUT2D eigenvalue weighted by atomic mass is 35.5. The molecule has 106 valence electrons. The van der Waals surface area contributed by atoms with Gasteiger partial charge in [0.15, 0.2) is 4.77 Å². The summed E-state index contributed by atoms with van der Waals surface area (Å²) in [5.41, 5.74) is 7.22. The van der Waals surface area contributed by atoms with Crippen molar-refractivity contribution in [1.29, 1.82) is 0 Å². The van der Waals surface area contributed by atoms with Crippen LogP contribution in [0.15, 0.2) is 54.6 Å². The number of halogens is 1. The van der Waals surface area contributed by atoms with E-state index in [0.717, 1.165) is 22.5 Å². The molecule has 3 nitrogen and oxygen atoms in total. The van der Waals surface area contributed by atoms with Crippen LogP contribution in [0.5, 0.6) is 0 Å². The maximum absolute atomic E-state index is 5.98. The molecule has 5 heteroatoms. The number of nitrogens with zero attached hydrogens (tertiary/aromatic N) is 1. The first-order valence-electron chi connectivity index (χ1n) is 6.55. The molecular formula is C16H14ClN3S. The fourth-order valence-corrected chi connectivity index (χ4v) is 2.75. The lowest BCUT2D eigenvalue weighted by Gasteiger charge is -2.10. The van der Waals surface area contributed by atoms with Crippen molar-refractivity contribution in [3.63, 3.8) is 0 Å². The van der Waals surface area contributed by atoms with Gasteiger partial charge in [0.2, 0.25) is 0 Å². The number of hydrogen-bond donors (Lipinski definition) is 2. The summed E-state index contributed by atoms with van der Waals surface area (Å²) in [6, 6.07) is 17.9. The van der Waals surface area contributed by atoms with E-state index < -0.39 is 0 Å². The average Bonchev–Trinajstić information content (AvgIpc) is 2.85. The summed E-state index contributed by atoms with van der Waals surface area (Å²) in [6.45, 7) is 0. The fourth-order valence-electron chi connectivity index (χ4n) is 2.34. The topological polar surface area (TPSA) is 32.8 Å². The highest BCUT2D eigenvalue weighted by molar-refractivity contribution is 7.71. The second-order valence-corrected chi connectivity index (χ2v) is 5.41. The quantitative estimate of drug-likeness (QED) is 0.686. The summed E-state index contributed by atoms with van der Waals surface area (Å²) in [6.07, 6.45) is 0. The molecule has 0 fully saturated rings. The van der Waals surface area contributed by atoms with Crippen molar-refractivity contribution in [2.24, 2.45) is 0 Å². The number of hydrogen-bond acceptors (Lipinski definition) is 2. The molecule has 0 unspecified atom stereocenters. The Balaban J connectivity index is 2.27. The van der Waals surface area contributed by atoms with Crippen LogP contribution < -0.4 is 5.43 Å². The van der Waals surface area contributed by atoms with Gasteiger partial charge in [0.05, 0.1) is 11.4 Å². The standard InChI is InChI=1S/C16H14ClN3S/c1-18-20-15(12-7-9-13(17)10-8-12)14(19-16(20)21)11-5-3-2-4-6-11/h2-10,18H,1H3,(H,19,21). The lowest BCUT2D eigenvalue weighted by molar-refractivity contribution is 0.913. The second kappa shape index (κ2) is 5.76. The van der Waals surface area contributed by atoms with Crippen molar-refractivity contribution in [3.8, 4) is 22.5 Å². The van der Waals surface area contributed by atoms with Gasteiger partial charge >= 0.3 is 0 Å². The van der Waals surface area contributed by atoms with Gasteiger partial charge in [-0.3, -0.25) is 0 Å². The summed E-state index contributed by atoms with van der Waals surface area (Å²) >= 11 is 11.4. The molecule has 1 aromatic heterocycles. The van der Waals surface area contributed by atoms with E-state index in [2.05, 4.69) is 22.5 Å². The van der Waals surface area contributed by atoms with Crippen LogP contribution in [-0.4, -0.2) is 16.7 Å². The average molecular weight is 316 g/mol. The number of aromatic nitrogens is 2. The fraction of sp³-hybridized carbons (Fsp3) is 0.0625. The molecule has 0 atom stereocenters. The molecule has 0 spiro atoms. The van der Waals surface area contributed by atoms with Gasteiger partial charge in [0, 0.05) is 23.2 Å². The minimum Gasteiger partial charge on any atom is -0.329 e. The first-order chi connectivity index (χ1) is 10.2. The lowest BCUT2D eigenvalue weighted by atomic mass is 10.1. The zero-order valence-corrected chi connectivity index (χ0v) is 13.0. The number of aromatic amines is 1. The Morgan fingerprint density at radius 1 is 1.00 bits per heavy atom. The summed E-state index contributed by atoms with van der Waals surface area (Å²) in [5.74, 6) is 0. The van der Waals surface area contributed by atoms with Crippen molar-refractivity contribution in [3.05, 3.63) is 64.4 Å². The summed E-state index contributed by atoms with van der Waals surface area (Å²) in [7, 11) is 1.85. The molecule has 2 aromatic carbocycles. The van der Waals surface area contributed by atoms with Crippen LogP contribution in [0.25, 0.3) is 22.5 Å². The molecule has 3 aromatic rings. The van der Waals surface area contributed by atoms with E-state index >= 15 is 0 Å². The molecule has 1 heterocycles. The second-order valence-electron chi connectivity index (χ2n) is 4.59. The Hall–Kier alpha value is -2.04. The van der Waals surface area contributed by atoms with Gasteiger partial charge < -0.3 is 10.4 Å². The van der Waals surface area contributed by atoms with Crippen molar-refractivity contribution >= 4 is 23.8 Å². The molecular weight excluding hydrogens is 302 g/mol. The maximum atomic E-state index is 5.98. The van der Waals surface area contributed by atoms with E-state index in [0.29, 0.717) is 9.79 Å². The zero-order chi connectivity index (χ0) is 14.8. The Morgan fingerprint density at radius 2 is 1.67 bits per heavy atom. The number of benzene rings is 2. The van der Waals surface area contributed by atoms with E-state index in [4.69, 9.17) is 23.8 Å². The predicted molar refractivity (Wildman–Crippen MR) is 90.8 cm³/mol. The maximum Gasteiger partial charge on any atom is 0.197 e. The summed E-state index contributed by atoms with van der Waals surface area (Å²) in [5, 5.41) is 0.713. The smallest absolute Gasteiger partial charge is 0.197 e.